The summed E-state index contributed by atoms with van der Waals surface area (Å²) < 4.78 is 28.9. The van der Waals surface area contributed by atoms with Crippen molar-refractivity contribution in [1.29, 1.82) is 0 Å². The molecule has 0 radical (unpaired) electrons. The molecular formula is C15H14FN3O3S. The number of thioether (sulfide) groups is 1. The zero-order valence-corrected chi connectivity index (χ0v) is 13.4. The lowest BCUT2D eigenvalue weighted by atomic mass is 10.2. The first-order valence-corrected chi connectivity index (χ1v) is 7.85. The molecule has 3 rings (SSSR count). The maximum Gasteiger partial charge on any atom is 0.277 e. The molecule has 0 atom stereocenters. The molecule has 0 fully saturated rings. The molecule has 0 aliphatic rings. The Morgan fingerprint density at radius 2 is 1.96 bits per heavy atom. The third-order valence-electron chi connectivity index (χ3n) is 3.15. The highest BCUT2D eigenvalue weighted by atomic mass is 32.2. The number of rotatable bonds is 6. The van der Waals surface area contributed by atoms with Crippen molar-refractivity contribution in [2.24, 2.45) is 0 Å². The number of benzene rings is 1. The van der Waals surface area contributed by atoms with Gasteiger partial charge in [0.15, 0.2) is 6.61 Å². The lowest BCUT2D eigenvalue weighted by Crippen LogP contribution is -1.95. The van der Waals surface area contributed by atoms with E-state index >= 15 is 0 Å². The lowest BCUT2D eigenvalue weighted by molar-refractivity contribution is 0.252. The summed E-state index contributed by atoms with van der Waals surface area (Å²) in [6, 6.07) is 5.74. The maximum atomic E-state index is 12.8. The van der Waals surface area contributed by atoms with Crippen LogP contribution in [0, 0.1) is 19.7 Å². The van der Waals surface area contributed by atoms with Crippen LogP contribution in [0.5, 0.6) is 5.75 Å². The van der Waals surface area contributed by atoms with Gasteiger partial charge in [0.25, 0.3) is 11.1 Å². The number of hydrogen-bond donors (Lipinski definition) is 0. The molecule has 120 valence electrons. The molecule has 0 saturated carbocycles. The van der Waals surface area contributed by atoms with Crippen molar-refractivity contribution in [3.63, 3.8) is 0 Å². The van der Waals surface area contributed by atoms with Crippen LogP contribution in [0.3, 0.4) is 0 Å². The Balaban J connectivity index is 1.54. The number of nitrogens with zero attached hydrogens (tertiary/aromatic N) is 3. The van der Waals surface area contributed by atoms with Crippen LogP contribution in [0.1, 0.15) is 22.9 Å². The average Bonchev–Trinajstić information content (AvgIpc) is 3.12. The minimum absolute atomic E-state index is 0.129. The third-order valence-corrected chi connectivity index (χ3v) is 3.99. The van der Waals surface area contributed by atoms with E-state index in [1.807, 2.05) is 13.8 Å². The number of aromatic nitrogens is 3. The highest BCUT2D eigenvalue weighted by Crippen LogP contribution is 2.25. The highest BCUT2D eigenvalue weighted by Gasteiger charge is 2.13. The predicted molar refractivity (Wildman–Crippen MR) is 80.6 cm³/mol. The van der Waals surface area contributed by atoms with E-state index in [1.165, 1.54) is 23.9 Å². The monoisotopic (exact) mass is 335 g/mol. The molecule has 2 aromatic heterocycles. The van der Waals surface area contributed by atoms with Gasteiger partial charge in [-0.25, -0.2) is 4.39 Å². The second-order valence-corrected chi connectivity index (χ2v) is 5.72. The molecule has 0 aliphatic heterocycles. The zero-order valence-electron chi connectivity index (χ0n) is 12.6. The van der Waals surface area contributed by atoms with E-state index < -0.39 is 0 Å². The van der Waals surface area contributed by atoms with Gasteiger partial charge in [-0.1, -0.05) is 16.9 Å². The van der Waals surface area contributed by atoms with Crippen LogP contribution in [0.15, 0.2) is 38.4 Å². The summed E-state index contributed by atoms with van der Waals surface area (Å²) in [5, 5.41) is 12.2. The molecule has 23 heavy (non-hydrogen) atoms. The van der Waals surface area contributed by atoms with Crippen LogP contribution in [0.2, 0.25) is 0 Å². The van der Waals surface area contributed by atoms with Gasteiger partial charge < -0.3 is 13.7 Å². The molecule has 2 heterocycles. The molecule has 0 spiro atoms. The molecule has 0 unspecified atom stereocenters. The molecule has 3 aromatic rings. The van der Waals surface area contributed by atoms with Gasteiger partial charge in [-0.3, -0.25) is 0 Å². The Morgan fingerprint density at radius 1 is 1.17 bits per heavy atom. The smallest absolute Gasteiger partial charge is 0.277 e. The van der Waals surface area contributed by atoms with Gasteiger partial charge in [-0.2, -0.15) is 0 Å². The molecule has 6 nitrogen and oxygen atoms in total. The fraction of sp³-hybridized carbons (Fsp3) is 0.267. The molecular weight excluding hydrogens is 321 g/mol. The minimum atomic E-state index is -0.312. The van der Waals surface area contributed by atoms with Gasteiger partial charge in [0, 0.05) is 11.3 Å². The number of hydrogen-bond acceptors (Lipinski definition) is 7. The van der Waals surface area contributed by atoms with Gasteiger partial charge >= 0.3 is 0 Å². The second kappa shape index (κ2) is 6.82. The largest absolute Gasteiger partial charge is 0.484 e. The van der Waals surface area contributed by atoms with Crippen molar-refractivity contribution >= 4 is 11.8 Å². The van der Waals surface area contributed by atoms with Gasteiger partial charge in [-0.15, -0.1) is 10.2 Å². The van der Waals surface area contributed by atoms with E-state index in [2.05, 4.69) is 15.4 Å². The summed E-state index contributed by atoms with van der Waals surface area (Å²) >= 11 is 1.41. The van der Waals surface area contributed by atoms with Gasteiger partial charge in [0.1, 0.15) is 17.3 Å². The highest BCUT2D eigenvalue weighted by molar-refractivity contribution is 7.98. The van der Waals surface area contributed by atoms with Crippen molar-refractivity contribution in [2.45, 2.75) is 31.4 Å². The van der Waals surface area contributed by atoms with Crippen molar-refractivity contribution in [1.82, 2.24) is 15.4 Å². The standard InChI is InChI=1S/C15H14FN3O3S/c1-9-13(10(2)22-19-9)8-23-15-18-17-14(21-15)7-20-12-5-3-11(16)4-6-12/h3-6H,7-8H2,1-2H3. The first-order chi connectivity index (χ1) is 11.1. The number of ether oxygens (including phenoxy) is 1. The Labute approximate surface area is 136 Å². The fourth-order valence-corrected chi connectivity index (χ4v) is 2.81. The van der Waals surface area contributed by atoms with Crippen LogP contribution >= 0.6 is 11.8 Å². The summed E-state index contributed by atoms with van der Waals surface area (Å²) in [5.74, 6) is 2.01. The van der Waals surface area contributed by atoms with Crippen molar-refractivity contribution < 1.29 is 18.1 Å². The number of aryl methyl sites for hydroxylation is 2. The van der Waals surface area contributed by atoms with Gasteiger partial charge in [0.2, 0.25) is 0 Å². The fourth-order valence-electron chi connectivity index (χ4n) is 1.87. The molecule has 0 bridgehead atoms. The van der Waals surface area contributed by atoms with Gasteiger partial charge in [-0.05, 0) is 38.1 Å². The molecule has 8 heteroatoms. The molecule has 0 amide bonds. The lowest BCUT2D eigenvalue weighted by Gasteiger charge is -2.02. The van der Waals surface area contributed by atoms with E-state index in [0.717, 1.165) is 17.0 Å². The summed E-state index contributed by atoms with van der Waals surface area (Å²) in [6.07, 6.45) is 0. The van der Waals surface area contributed by atoms with Crippen molar-refractivity contribution in [2.75, 3.05) is 0 Å². The summed E-state index contributed by atoms with van der Waals surface area (Å²) in [6.45, 7) is 3.89. The topological polar surface area (TPSA) is 74.2 Å². The zero-order chi connectivity index (χ0) is 16.2. The Bertz CT molecular complexity index is 766. The molecule has 0 aliphatic carbocycles. The Kier molecular flexibility index (Phi) is 4.61. The van der Waals surface area contributed by atoms with E-state index in [9.17, 15) is 4.39 Å². The van der Waals surface area contributed by atoms with E-state index in [0.29, 0.717) is 22.6 Å². The van der Waals surface area contributed by atoms with Crippen molar-refractivity contribution in [3.8, 4) is 5.75 Å². The first-order valence-electron chi connectivity index (χ1n) is 6.87. The second-order valence-electron chi connectivity index (χ2n) is 4.80. The Morgan fingerprint density at radius 3 is 2.65 bits per heavy atom. The van der Waals surface area contributed by atoms with E-state index in [4.69, 9.17) is 13.7 Å². The van der Waals surface area contributed by atoms with Crippen LogP contribution in [-0.2, 0) is 12.4 Å². The van der Waals surface area contributed by atoms with Crippen LogP contribution < -0.4 is 4.74 Å². The predicted octanol–water partition coefficient (Wildman–Crippen LogP) is 3.68. The van der Waals surface area contributed by atoms with Crippen LogP contribution in [0.4, 0.5) is 4.39 Å². The van der Waals surface area contributed by atoms with Gasteiger partial charge in [0.05, 0.1) is 5.69 Å². The first kappa shape index (κ1) is 15.5. The summed E-state index contributed by atoms with van der Waals surface area (Å²) in [7, 11) is 0. The summed E-state index contributed by atoms with van der Waals surface area (Å²) in [4.78, 5) is 0. The third kappa shape index (κ3) is 3.89. The Hall–Kier alpha value is -2.35. The summed E-state index contributed by atoms with van der Waals surface area (Å²) in [5.41, 5.74) is 1.88. The number of halogens is 1. The molecule has 0 N–H and O–H groups in total. The molecule has 1 aromatic carbocycles. The van der Waals surface area contributed by atoms with Crippen LogP contribution in [-0.4, -0.2) is 15.4 Å². The average molecular weight is 335 g/mol. The van der Waals surface area contributed by atoms with Crippen LogP contribution in [0.25, 0.3) is 0 Å². The van der Waals surface area contributed by atoms with E-state index in [-0.39, 0.29) is 12.4 Å². The normalized spacial score (nSPS) is 10.9. The molecule has 0 saturated heterocycles. The quantitative estimate of drug-likeness (QED) is 0.636. The maximum absolute atomic E-state index is 12.8. The SMILES string of the molecule is Cc1noc(C)c1CSc1nnc(COc2ccc(F)cc2)o1. The minimum Gasteiger partial charge on any atom is -0.484 e. The van der Waals surface area contributed by atoms with Crippen molar-refractivity contribution in [3.05, 3.63) is 53.0 Å². The van der Waals surface area contributed by atoms with E-state index in [1.54, 1.807) is 12.1 Å².